The maximum absolute atomic E-state index is 12.6. The van der Waals surface area contributed by atoms with Crippen molar-refractivity contribution in [2.45, 2.75) is 26.4 Å². The molecule has 0 amide bonds. The van der Waals surface area contributed by atoms with Gasteiger partial charge in [0.2, 0.25) is 5.89 Å². The summed E-state index contributed by atoms with van der Waals surface area (Å²) >= 11 is 0. The number of aryl methyl sites for hydroxylation is 1. The zero-order valence-electron chi connectivity index (χ0n) is 21.7. The van der Waals surface area contributed by atoms with Gasteiger partial charge in [0, 0.05) is 12.0 Å². The van der Waals surface area contributed by atoms with Gasteiger partial charge in [-0.1, -0.05) is 53.7 Å². The molecule has 2 aromatic heterocycles. The number of hydrogen-bond donors (Lipinski definition) is 1. The van der Waals surface area contributed by atoms with Gasteiger partial charge in [0.15, 0.2) is 5.69 Å². The van der Waals surface area contributed by atoms with Crippen LogP contribution in [0.15, 0.2) is 89.3 Å². The predicted octanol–water partition coefficient (Wildman–Crippen LogP) is 5.11. The molecule has 1 unspecified atom stereocenters. The number of nitrogens with zero attached hydrogens (tertiary/aromatic N) is 4. The molecule has 5 rings (SSSR count). The van der Waals surface area contributed by atoms with E-state index in [1.54, 1.807) is 31.2 Å². The van der Waals surface area contributed by atoms with Crippen LogP contribution in [0, 0.1) is 6.92 Å². The van der Waals surface area contributed by atoms with Crippen LogP contribution in [0.1, 0.15) is 46.2 Å². The van der Waals surface area contributed by atoms with E-state index in [2.05, 4.69) is 15.3 Å². The van der Waals surface area contributed by atoms with Crippen molar-refractivity contribution in [1.29, 1.82) is 0 Å². The SMILES string of the molecule is CCOC(=O)c1nnn(-c2ccccc2)c1C(O)c1cccc(OCCc2nc(-c3ccccc3)oc2C)c1. The first-order chi connectivity index (χ1) is 19.0. The van der Waals surface area contributed by atoms with Gasteiger partial charge >= 0.3 is 5.97 Å². The molecule has 1 atom stereocenters. The minimum Gasteiger partial charge on any atom is -0.493 e. The van der Waals surface area contributed by atoms with Crippen molar-refractivity contribution in [3.05, 3.63) is 113 Å². The fourth-order valence-corrected chi connectivity index (χ4v) is 4.20. The maximum atomic E-state index is 12.6. The van der Waals surface area contributed by atoms with Crippen molar-refractivity contribution in [2.75, 3.05) is 13.2 Å². The van der Waals surface area contributed by atoms with Gasteiger partial charge in [0.25, 0.3) is 0 Å². The molecule has 1 N–H and O–H groups in total. The maximum Gasteiger partial charge on any atom is 0.360 e. The Morgan fingerprint density at radius 1 is 1.03 bits per heavy atom. The van der Waals surface area contributed by atoms with Crippen LogP contribution < -0.4 is 4.74 Å². The first-order valence-corrected chi connectivity index (χ1v) is 12.7. The van der Waals surface area contributed by atoms with Gasteiger partial charge < -0.3 is 19.0 Å². The van der Waals surface area contributed by atoms with Gasteiger partial charge in [-0.25, -0.2) is 14.5 Å². The predicted molar refractivity (Wildman–Crippen MR) is 144 cm³/mol. The molecule has 0 spiro atoms. The highest BCUT2D eigenvalue weighted by atomic mass is 16.5. The zero-order chi connectivity index (χ0) is 27.2. The van der Waals surface area contributed by atoms with Gasteiger partial charge in [-0.3, -0.25) is 0 Å². The number of aliphatic hydroxyl groups is 1. The Morgan fingerprint density at radius 2 is 1.77 bits per heavy atom. The third kappa shape index (κ3) is 5.73. The Kier molecular flexibility index (Phi) is 7.79. The summed E-state index contributed by atoms with van der Waals surface area (Å²) in [6.07, 6.45) is -0.665. The van der Waals surface area contributed by atoms with Crippen molar-refractivity contribution in [1.82, 2.24) is 20.0 Å². The summed E-state index contributed by atoms with van der Waals surface area (Å²) in [5.41, 5.74) is 3.07. The van der Waals surface area contributed by atoms with E-state index < -0.39 is 12.1 Å². The number of ether oxygens (including phenoxy) is 2. The van der Waals surface area contributed by atoms with Crippen molar-refractivity contribution in [3.63, 3.8) is 0 Å². The van der Waals surface area contributed by atoms with Gasteiger partial charge in [0.1, 0.15) is 23.3 Å². The number of hydrogen-bond acceptors (Lipinski definition) is 8. The number of para-hydroxylation sites is 1. The van der Waals surface area contributed by atoms with E-state index in [0.29, 0.717) is 35.9 Å². The molecule has 2 heterocycles. The summed E-state index contributed by atoms with van der Waals surface area (Å²) < 4.78 is 18.4. The molecule has 198 valence electrons. The quantitative estimate of drug-likeness (QED) is 0.251. The Morgan fingerprint density at radius 3 is 2.51 bits per heavy atom. The normalized spacial score (nSPS) is 11.8. The van der Waals surface area contributed by atoms with E-state index in [1.165, 1.54) is 4.68 Å². The number of aromatic nitrogens is 4. The molecular weight excluding hydrogens is 496 g/mol. The molecule has 0 aliphatic heterocycles. The Bertz CT molecular complexity index is 1550. The van der Waals surface area contributed by atoms with Gasteiger partial charge in [-0.15, -0.1) is 5.10 Å². The fourth-order valence-electron chi connectivity index (χ4n) is 4.20. The largest absolute Gasteiger partial charge is 0.493 e. The Balaban J connectivity index is 1.34. The van der Waals surface area contributed by atoms with E-state index in [1.807, 2.05) is 67.6 Å². The topological polar surface area (TPSA) is 112 Å². The summed E-state index contributed by atoms with van der Waals surface area (Å²) in [5, 5.41) is 19.6. The van der Waals surface area contributed by atoms with E-state index in [-0.39, 0.29) is 18.0 Å². The molecule has 0 saturated carbocycles. The Hall–Kier alpha value is -4.76. The number of oxazole rings is 1. The van der Waals surface area contributed by atoms with Crippen molar-refractivity contribution in [2.24, 2.45) is 0 Å². The third-order valence-corrected chi connectivity index (χ3v) is 6.13. The molecule has 39 heavy (non-hydrogen) atoms. The van der Waals surface area contributed by atoms with Crippen molar-refractivity contribution >= 4 is 5.97 Å². The average molecular weight is 525 g/mol. The first-order valence-electron chi connectivity index (χ1n) is 12.7. The van der Waals surface area contributed by atoms with Crippen LogP contribution in [0.2, 0.25) is 0 Å². The van der Waals surface area contributed by atoms with Gasteiger partial charge in [0.05, 0.1) is 24.6 Å². The molecule has 5 aromatic rings. The lowest BCUT2D eigenvalue weighted by atomic mass is 10.0. The van der Waals surface area contributed by atoms with Crippen molar-refractivity contribution < 1.29 is 23.8 Å². The summed E-state index contributed by atoms with van der Waals surface area (Å²) in [7, 11) is 0. The Labute approximate surface area is 225 Å². The number of carbonyl (C=O) groups is 1. The molecule has 0 fully saturated rings. The van der Waals surface area contributed by atoms with Crippen LogP contribution in [0.5, 0.6) is 5.75 Å². The number of esters is 1. The lowest BCUT2D eigenvalue weighted by molar-refractivity contribution is 0.0513. The molecule has 0 aliphatic rings. The fraction of sp³-hybridized carbons (Fsp3) is 0.200. The molecule has 0 saturated heterocycles. The number of rotatable bonds is 10. The van der Waals surface area contributed by atoms with Crippen LogP contribution >= 0.6 is 0 Å². The van der Waals surface area contributed by atoms with Crippen LogP contribution in [0.25, 0.3) is 17.1 Å². The summed E-state index contributed by atoms with van der Waals surface area (Å²) in [6.45, 7) is 4.13. The summed E-state index contributed by atoms with van der Waals surface area (Å²) in [5.74, 6) is 1.23. The van der Waals surface area contributed by atoms with E-state index in [4.69, 9.17) is 13.9 Å². The van der Waals surface area contributed by atoms with Crippen LogP contribution in [0.4, 0.5) is 0 Å². The summed E-state index contributed by atoms with van der Waals surface area (Å²) in [6, 6.07) is 26.0. The zero-order valence-corrected chi connectivity index (χ0v) is 21.7. The second kappa shape index (κ2) is 11.7. The second-order valence-corrected chi connectivity index (χ2v) is 8.75. The second-order valence-electron chi connectivity index (χ2n) is 8.75. The van der Waals surface area contributed by atoms with E-state index in [9.17, 15) is 9.90 Å². The van der Waals surface area contributed by atoms with Gasteiger partial charge in [-0.05, 0) is 55.8 Å². The highest BCUT2D eigenvalue weighted by molar-refractivity contribution is 5.88. The number of aliphatic hydroxyl groups excluding tert-OH is 1. The minimum absolute atomic E-state index is 0.0461. The molecule has 9 nitrogen and oxygen atoms in total. The number of carbonyl (C=O) groups excluding carboxylic acids is 1. The van der Waals surface area contributed by atoms with E-state index in [0.717, 1.165) is 17.0 Å². The molecule has 0 aliphatic carbocycles. The minimum atomic E-state index is -1.21. The third-order valence-electron chi connectivity index (χ3n) is 6.13. The van der Waals surface area contributed by atoms with E-state index >= 15 is 0 Å². The van der Waals surface area contributed by atoms with Crippen molar-refractivity contribution in [3.8, 4) is 22.9 Å². The van der Waals surface area contributed by atoms with Crippen LogP contribution in [0.3, 0.4) is 0 Å². The van der Waals surface area contributed by atoms with Crippen LogP contribution in [-0.2, 0) is 11.2 Å². The van der Waals surface area contributed by atoms with Gasteiger partial charge in [-0.2, -0.15) is 0 Å². The lowest BCUT2D eigenvalue weighted by Crippen LogP contribution is -2.15. The highest BCUT2D eigenvalue weighted by Gasteiger charge is 2.28. The molecule has 3 aromatic carbocycles. The highest BCUT2D eigenvalue weighted by Crippen LogP contribution is 2.29. The molecule has 9 heteroatoms. The summed E-state index contributed by atoms with van der Waals surface area (Å²) in [4.78, 5) is 17.2. The monoisotopic (exact) mass is 524 g/mol. The molecule has 0 bridgehead atoms. The smallest absolute Gasteiger partial charge is 0.360 e. The number of benzene rings is 3. The lowest BCUT2D eigenvalue weighted by Gasteiger charge is -2.15. The first kappa shape index (κ1) is 25.9. The molecule has 0 radical (unpaired) electrons. The van der Waals surface area contributed by atoms with Crippen LogP contribution in [-0.4, -0.2) is 44.3 Å². The average Bonchev–Trinajstić information content (AvgIpc) is 3.58. The molecular formula is C30H28N4O5. The standard InChI is InChI=1S/C30H28N4O5/c1-3-37-30(36)26-27(34(33-32-26)23-14-8-5-9-15-23)28(35)22-13-10-16-24(19-22)38-18-17-25-20(2)39-29(31-25)21-11-6-4-7-12-21/h4-16,19,28,35H,3,17-18H2,1-2H3.